The minimum atomic E-state index is -0.0940. The molecule has 0 unspecified atom stereocenters. The summed E-state index contributed by atoms with van der Waals surface area (Å²) in [6, 6.07) is 0. The van der Waals surface area contributed by atoms with Crippen LogP contribution < -0.4 is 0 Å². The van der Waals surface area contributed by atoms with Crippen molar-refractivity contribution in [3.05, 3.63) is 0 Å². The highest BCUT2D eigenvalue weighted by Gasteiger charge is 1.96. The predicted octanol–water partition coefficient (Wildman–Crippen LogP) is 7.65. The van der Waals surface area contributed by atoms with Crippen molar-refractivity contribution in [2.45, 2.75) is 139 Å². The van der Waals surface area contributed by atoms with Gasteiger partial charge in [-0.2, -0.15) is 0 Å². The molecule has 0 heterocycles. The Bertz CT molecular complexity index is 472. The van der Waals surface area contributed by atoms with Gasteiger partial charge in [-0.15, -0.1) is 0 Å². The number of hydrogen-bond acceptors (Lipinski definition) is 6. The predicted molar refractivity (Wildman–Crippen MR) is 142 cm³/mol. The van der Waals surface area contributed by atoms with Gasteiger partial charge in [0, 0.05) is 25.7 Å². The van der Waals surface area contributed by atoms with Crippen LogP contribution in [0, 0.1) is 5.92 Å². The van der Waals surface area contributed by atoms with Gasteiger partial charge in [-0.25, -0.2) is 0 Å². The lowest BCUT2D eigenvalue weighted by Crippen LogP contribution is -2.03. The smallest absolute Gasteiger partial charge is 0.305 e. The van der Waals surface area contributed by atoms with Gasteiger partial charge in [0.2, 0.25) is 0 Å². The van der Waals surface area contributed by atoms with Crippen LogP contribution in [0.1, 0.15) is 139 Å². The third-order valence-electron chi connectivity index (χ3n) is 4.18. The molecule has 0 spiro atoms. The third-order valence-corrected chi connectivity index (χ3v) is 4.18. The molecule has 6 nitrogen and oxygen atoms in total. The summed E-state index contributed by atoms with van der Waals surface area (Å²) in [7, 11) is 0. The van der Waals surface area contributed by atoms with E-state index in [1.54, 1.807) is 20.8 Å². The summed E-state index contributed by atoms with van der Waals surface area (Å²) in [6.07, 6.45) is 11.3. The lowest BCUT2D eigenvalue weighted by Gasteiger charge is -2.00. The number of esters is 2. The van der Waals surface area contributed by atoms with Gasteiger partial charge in [-0.3, -0.25) is 9.59 Å². The number of ether oxygens (including phenoxy) is 2. The van der Waals surface area contributed by atoms with Crippen LogP contribution in [0.4, 0.5) is 0 Å². The van der Waals surface area contributed by atoms with Crippen LogP contribution in [0.5, 0.6) is 0 Å². The maximum Gasteiger partial charge on any atom is 0.305 e. The Morgan fingerprint density at radius 1 is 0.588 bits per heavy atom. The SMILES string of the molecule is CC(=O)CC(C)C.CCCCCC(C)=O.CCCCCOC(=O)CC.CCCCOC(=O)CC. The molecule has 0 aromatic rings. The number of rotatable bonds is 15. The molecule has 0 aliphatic rings. The molecule has 0 rings (SSSR count). The van der Waals surface area contributed by atoms with Crippen LogP contribution in [0.3, 0.4) is 0 Å². The van der Waals surface area contributed by atoms with Crippen molar-refractivity contribution in [1.29, 1.82) is 0 Å². The monoisotopic (exact) mass is 488 g/mol. The molecule has 0 aliphatic carbocycles. The minimum absolute atomic E-state index is 0.0869. The molecule has 0 fully saturated rings. The first-order valence-corrected chi connectivity index (χ1v) is 13.3. The molecular formula is C28H56O6. The van der Waals surface area contributed by atoms with Crippen LogP contribution in [-0.4, -0.2) is 36.7 Å². The number of hydrogen-bond donors (Lipinski definition) is 0. The van der Waals surface area contributed by atoms with Gasteiger partial charge < -0.3 is 19.1 Å². The molecule has 204 valence electrons. The summed E-state index contributed by atoms with van der Waals surface area (Å²) in [6.45, 7) is 18.5. The van der Waals surface area contributed by atoms with Gasteiger partial charge in [0.25, 0.3) is 0 Å². The number of unbranched alkanes of at least 4 members (excludes halogenated alkanes) is 5. The Morgan fingerprint density at radius 3 is 1.29 bits per heavy atom. The van der Waals surface area contributed by atoms with Crippen LogP contribution in [0.25, 0.3) is 0 Å². The molecule has 34 heavy (non-hydrogen) atoms. The lowest BCUT2D eigenvalue weighted by molar-refractivity contribution is -0.144. The van der Waals surface area contributed by atoms with E-state index in [4.69, 9.17) is 9.47 Å². The average Bonchev–Trinajstić information content (AvgIpc) is 2.77. The summed E-state index contributed by atoms with van der Waals surface area (Å²) in [5.74, 6) is 0.950. The van der Waals surface area contributed by atoms with Crippen LogP contribution in [0.2, 0.25) is 0 Å². The normalized spacial score (nSPS) is 9.35. The fourth-order valence-electron chi connectivity index (χ4n) is 2.27. The van der Waals surface area contributed by atoms with Crippen molar-refractivity contribution < 1.29 is 28.7 Å². The van der Waals surface area contributed by atoms with Gasteiger partial charge in [-0.1, -0.05) is 80.6 Å². The number of carbonyl (C=O) groups is 4. The molecule has 0 atom stereocenters. The Kier molecular flexibility index (Phi) is 38.9. The van der Waals surface area contributed by atoms with Crippen molar-refractivity contribution in [2.24, 2.45) is 5.92 Å². The van der Waals surface area contributed by atoms with E-state index in [1.807, 2.05) is 20.8 Å². The number of carbonyl (C=O) groups excluding carboxylic acids is 4. The molecule has 0 saturated carbocycles. The molecule has 0 radical (unpaired) electrons. The quantitative estimate of drug-likeness (QED) is 0.174. The number of Topliss-reactive ketones (excluding diaryl/α,β-unsaturated/α-hetero) is 2. The van der Waals surface area contributed by atoms with Gasteiger partial charge in [0.05, 0.1) is 13.2 Å². The summed E-state index contributed by atoms with van der Waals surface area (Å²) in [4.78, 5) is 41.6. The zero-order valence-corrected chi connectivity index (χ0v) is 23.9. The maximum absolute atomic E-state index is 10.6. The first-order chi connectivity index (χ1) is 16.0. The van der Waals surface area contributed by atoms with E-state index >= 15 is 0 Å². The van der Waals surface area contributed by atoms with Gasteiger partial charge in [-0.05, 0) is 39.0 Å². The average molecular weight is 489 g/mol. The van der Waals surface area contributed by atoms with Crippen molar-refractivity contribution in [2.75, 3.05) is 13.2 Å². The van der Waals surface area contributed by atoms with Crippen molar-refractivity contribution in [3.63, 3.8) is 0 Å². The van der Waals surface area contributed by atoms with E-state index in [2.05, 4.69) is 20.8 Å². The van der Waals surface area contributed by atoms with Crippen molar-refractivity contribution in [3.8, 4) is 0 Å². The molecule has 0 bridgehead atoms. The Hall–Kier alpha value is -1.72. The van der Waals surface area contributed by atoms with E-state index in [-0.39, 0.29) is 17.7 Å². The second kappa shape index (κ2) is 33.5. The molecule has 0 N–H and O–H groups in total. The fourth-order valence-corrected chi connectivity index (χ4v) is 2.27. The first-order valence-electron chi connectivity index (χ1n) is 13.3. The van der Waals surface area contributed by atoms with Crippen LogP contribution >= 0.6 is 0 Å². The Labute approximate surface area is 210 Å². The highest BCUT2D eigenvalue weighted by atomic mass is 16.5. The largest absolute Gasteiger partial charge is 0.466 e. The summed E-state index contributed by atoms with van der Waals surface area (Å²) < 4.78 is 9.65. The zero-order valence-electron chi connectivity index (χ0n) is 23.9. The van der Waals surface area contributed by atoms with Gasteiger partial charge in [0.1, 0.15) is 11.6 Å². The van der Waals surface area contributed by atoms with Gasteiger partial charge in [0.15, 0.2) is 0 Å². The molecule has 0 aromatic carbocycles. The van der Waals surface area contributed by atoms with E-state index in [0.29, 0.717) is 37.8 Å². The van der Waals surface area contributed by atoms with Crippen molar-refractivity contribution in [1.82, 2.24) is 0 Å². The summed E-state index contributed by atoms with van der Waals surface area (Å²) >= 11 is 0. The second-order valence-electron chi connectivity index (χ2n) is 8.67. The second-order valence-corrected chi connectivity index (χ2v) is 8.67. The third kappa shape index (κ3) is 52.3. The molecule has 0 aliphatic heterocycles. The van der Waals surface area contributed by atoms with E-state index in [0.717, 1.165) is 44.9 Å². The van der Waals surface area contributed by atoms with Crippen LogP contribution in [-0.2, 0) is 28.7 Å². The first kappa shape index (κ1) is 39.5. The van der Waals surface area contributed by atoms with E-state index in [1.165, 1.54) is 19.3 Å². The summed E-state index contributed by atoms with van der Waals surface area (Å²) in [5.41, 5.74) is 0. The summed E-state index contributed by atoms with van der Waals surface area (Å²) in [5, 5.41) is 0. The topological polar surface area (TPSA) is 86.7 Å². The highest BCUT2D eigenvalue weighted by Crippen LogP contribution is 1.99. The van der Waals surface area contributed by atoms with Crippen LogP contribution in [0.15, 0.2) is 0 Å². The van der Waals surface area contributed by atoms with Crippen molar-refractivity contribution >= 4 is 23.5 Å². The molecular weight excluding hydrogens is 432 g/mol. The molecule has 0 amide bonds. The molecule has 0 aromatic heterocycles. The maximum atomic E-state index is 10.6. The zero-order chi connectivity index (χ0) is 27.2. The fraction of sp³-hybridized carbons (Fsp3) is 0.857. The van der Waals surface area contributed by atoms with Gasteiger partial charge >= 0.3 is 11.9 Å². The standard InChI is InChI=1S/C8H16O2.C7H14O2.C7H14O.C6H12O/c1-3-5-6-7-10-8(9)4-2;1-3-5-6-9-7(8)4-2;1-3-4-5-6-7(2)8;1-5(2)4-6(3)7/h3-7H2,1-2H3;3-6H2,1-2H3;3-6H2,1-2H3;5H,4H2,1-3H3. The molecule has 0 saturated heterocycles. The minimum Gasteiger partial charge on any atom is -0.466 e. The highest BCUT2D eigenvalue weighted by molar-refractivity contribution is 5.75. The Morgan fingerprint density at radius 2 is 1.00 bits per heavy atom. The molecule has 6 heteroatoms. The van der Waals surface area contributed by atoms with E-state index in [9.17, 15) is 19.2 Å². The lowest BCUT2D eigenvalue weighted by atomic mass is 10.1. The van der Waals surface area contributed by atoms with E-state index < -0.39 is 0 Å². The number of ketones is 2. The Balaban J connectivity index is -0.000000178.